The Morgan fingerprint density at radius 1 is 1.26 bits per heavy atom. The molecule has 4 heterocycles. The third kappa shape index (κ3) is 3.85. The molecule has 3 aromatic rings. The molecule has 0 bridgehead atoms. The molecule has 3 aromatic heterocycles. The lowest BCUT2D eigenvalue weighted by Crippen LogP contribution is -2.44. The second-order valence-corrected chi connectivity index (χ2v) is 9.53. The van der Waals surface area contributed by atoms with E-state index in [4.69, 9.17) is 10.7 Å². The highest BCUT2D eigenvalue weighted by Gasteiger charge is 2.25. The third-order valence-electron chi connectivity index (χ3n) is 6.26. The summed E-state index contributed by atoms with van der Waals surface area (Å²) in [4.78, 5) is 26.3. The van der Waals surface area contributed by atoms with Crippen LogP contribution in [-0.4, -0.2) is 48.1 Å². The first-order chi connectivity index (χ1) is 15.0. The molecule has 1 amide bonds. The van der Waals surface area contributed by atoms with Crippen LogP contribution in [0.25, 0.3) is 10.2 Å². The number of aromatic nitrogens is 2. The van der Waals surface area contributed by atoms with Crippen molar-refractivity contribution in [1.82, 2.24) is 20.6 Å². The van der Waals surface area contributed by atoms with E-state index >= 15 is 0 Å². The van der Waals surface area contributed by atoms with Gasteiger partial charge in [0.25, 0.3) is 5.91 Å². The van der Waals surface area contributed by atoms with Crippen molar-refractivity contribution < 1.29 is 4.79 Å². The fourth-order valence-electron chi connectivity index (χ4n) is 4.68. The lowest BCUT2D eigenvalue weighted by molar-refractivity contribution is 0.0938. The summed E-state index contributed by atoms with van der Waals surface area (Å²) in [5, 5.41) is 7.49. The van der Waals surface area contributed by atoms with Gasteiger partial charge >= 0.3 is 0 Å². The SMILES string of the molecule is Cc1cc(C)c2c(N)c(C(=O)N[C@H]3CCc4nc(N5CCNCC5)ccc4C3)sc2n1. The van der Waals surface area contributed by atoms with Crippen molar-refractivity contribution in [3.05, 3.63) is 45.6 Å². The van der Waals surface area contributed by atoms with Gasteiger partial charge in [0.1, 0.15) is 15.5 Å². The van der Waals surface area contributed by atoms with Crippen molar-refractivity contribution in [2.45, 2.75) is 39.2 Å². The number of fused-ring (bicyclic) bond motifs is 2. The standard InChI is InChI=1S/C23H28N6OS/c1-13-11-14(2)26-23-19(13)20(24)21(31-23)22(30)27-16-4-5-17-15(12-16)3-6-18(28-17)29-9-7-25-8-10-29/h3,6,11,16,25H,4-5,7-10,12,24H2,1-2H3,(H,27,30)/t16-/m0/s1. The smallest absolute Gasteiger partial charge is 0.263 e. The second kappa shape index (κ2) is 8.09. The Bertz CT molecular complexity index is 1150. The van der Waals surface area contributed by atoms with Crippen molar-refractivity contribution in [3.8, 4) is 0 Å². The molecular weight excluding hydrogens is 408 g/mol. The van der Waals surface area contributed by atoms with Crippen LogP contribution in [0.1, 0.15) is 38.6 Å². The molecule has 0 unspecified atom stereocenters. The van der Waals surface area contributed by atoms with Crippen LogP contribution in [0.2, 0.25) is 0 Å². The molecule has 4 N–H and O–H groups in total. The second-order valence-electron chi connectivity index (χ2n) is 8.53. The number of hydrogen-bond acceptors (Lipinski definition) is 7. The Labute approximate surface area is 186 Å². The molecule has 1 aliphatic carbocycles. The summed E-state index contributed by atoms with van der Waals surface area (Å²) in [6, 6.07) is 6.40. The number of anilines is 2. The summed E-state index contributed by atoms with van der Waals surface area (Å²) in [7, 11) is 0. The van der Waals surface area contributed by atoms with E-state index < -0.39 is 0 Å². The topological polar surface area (TPSA) is 96.2 Å². The van der Waals surface area contributed by atoms with Crippen molar-refractivity contribution in [1.29, 1.82) is 0 Å². The van der Waals surface area contributed by atoms with Gasteiger partial charge in [-0.1, -0.05) is 6.07 Å². The van der Waals surface area contributed by atoms with E-state index in [1.165, 1.54) is 22.6 Å². The van der Waals surface area contributed by atoms with Crippen molar-refractivity contribution in [2.75, 3.05) is 36.8 Å². The summed E-state index contributed by atoms with van der Waals surface area (Å²) < 4.78 is 0. The molecule has 31 heavy (non-hydrogen) atoms. The number of carbonyl (C=O) groups excluding carboxylic acids is 1. The molecule has 7 nitrogen and oxygen atoms in total. The van der Waals surface area contributed by atoms with Gasteiger partial charge in [-0.05, 0) is 56.4 Å². The Morgan fingerprint density at radius 3 is 2.87 bits per heavy atom. The molecule has 0 aromatic carbocycles. The lowest BCUT2D eigenvalue weighted by atomic mass is 9.91. The molecule has 0 radical (unpaired) electrons. The number of thiophene rings is 1. The van der Waals surface area contributed by atoms with Crippen molar-refractivity contribution in [2.24, 2.45) is 0 Å². The molecular formula is C23H28N6OS. The number of nitrogens with one attached hydrogen (secondary N) is 2. The first-order valence-electron chi connectivity index (χ1n) is 10.9. The van der Waals surface area contributed by atoms with Crippen LogP contribution < -0.4 is 21.3 Å². The number of amides is 1. The summed E-state index contributed by atoms with van der Waals surface area (Å²) in [5.41, 5.74) is 11.3. The van der Waals surface area contributed by atoms with E-state index in [1.807, 2.05) is 19.9 Å². The molecule has 1 aliphatic heterocycles. The highest BCUT2D eigenvalue weighted by Crippen LogP contribution is 2.35. The Balaban J connectivity index is 1.31. The van der Waals surface area contributed by atoms with Crippen LogP contribution in [0, 0.1) is 13.8 Å². The van der Waals surface area contributed by atoms with Crippen LogP contribution in [0.4, 0.5) is 11.5 Å². The Morgan fingerprint density at radius 2 is 2.06 bits per heavy atom. The zero-order valence-electron chi connectivity index (χ0n) is 18.0. The number of carbonyl (C=O) groups is 1. The average molecular weight is 437 g/mol. The van der Waals surface area contributed by atoms with Crippen LogP contribution in [-0.2, 0) is 12.8 Å². The predicted octanol–water partition coefficient (Wildman–Crippen LogP) is 2.59. The normalized spacial score (nSPS) is 18.8. The maximum absolute atomic E-state index is 13.0. The number of nitrogens with zero attached hydrogens (tertiary/aromatic N) is 3. The van der Waals surface area contributed by atoms with Gasteiger partial charge in [0.15, 0.2) is 0 Å². The lowest BCUT2D eigenvalue weighted by Gasteiger charge is -2.30. The van der Waals surface area contributed by atoms with Gasteiger partial charge < -0.3 is 21.3 Å². The minimum Gasteiger partial charge on any atom is -0.397 e. The predicted molar refractivity (Wildman–Crippen MR) is 126 cm³/mol. The highest BCUT2D eigenvalue weighted by atomic mass is 32.1. The van der Waals surface area contributed by atoms with Crippen molar-refractivity contribution in [3.63, 3.8) is 0 Å². The first-order valence-corrected chi connectivity index (χ1v) is 11.7. The van der Waals surface area contributed by atoms with E-state index in [9.17, 15) is 4.79 Å². The van der Waals surface area contributed by atoms with Gasteiger partial charge in [-0.25, -0.2) is 9.97 Å². The summed E-state index contributed by atoms with van der Waals surface area (Å²) in [5.74, 6) is 0.968. The van der Waals surface area contributed by atoms with E-state index in [-0.39, 0.29) is 11.9 Å². The van der Waals surface area contributed by atoms with Crippen LogP contribution >= 0.6 is 11.3 Å². The van der Waals surface area contributed by atoms with Crippen LogP contribution in [0.15, 0.2) is 18.2 Å². The first kappa shape index (κ1) is 20.2. The minimum atomic E-state index is -0.101. The van der Waals surface area contributed by atoms with Gasteiger partial charge in [-0.15, -0.1) is 11.3 Å². The maximum Gasteiger partial charge on any atom is 0.263 e. The fraction of sp³-hybridized carbons (Fsp3) is 0.435. The molecule has 2 aliphatic rings. The Hall–Kier alpha value is -2.71. The number of nitrogens with two attached hydrogens (primary N) is 1. The van der Waals surface area contributed by atoms with Crippen LogP contribution in [0.3, 0.4) is 0 Å². The van der Waals surface area contributed by atoms with E-state index in [0.717, 1.165) is 72.7 Å². The van der Waals surface area contributed by atoms with Gasteiger partial charge in [-0.2, -0.15) is 0 Å². The zero-order valence-corrected chi connectivity index (χ0v) is 18.8. The minimum absolute atomic E-state index is 0.0900. The maximum atomic E-state index is 13.0. The van der Waals surface area contributed by atoms with Gasteiger partial charge in [0.2, 0.25) is 0 Å². The number of rotatable bonds is 3. The number of nitrogen functional groups attached to an aromatic ring is 1. The third-order valence-corrected chi connectivity index (χ3v) is 7.35. The monoisotopic (exact) mass is 436 g/mol. The number of hydrogen-bond donors (Lipinski definition) is 3. The largest absolute Gasteiger partial charge is 0.397 e. The van der Waals surface area contributed by atoms with Crippen LogP contribution in [0.5, 0.6) is 0 Å². The summed E-state index contributed by atoms with van der Waals surface area (Å²) in [6.07, 6.45) is 2.57. The molecule has 162 valence electrons. The van der Waals surface area contributed by atoms with Gasteiger partial charge in [0.05, 0.1) is 5.69 Å². The molecule has 0 saturated carbocycles. The fourth-order valence-corrected chi connectivity index (χ4v) is 5.80. The highest BCUT2D eigenvalue weighted by molar-refractivity contribution is 7.21. The van der Waals surface area contributed by atoms with Gasteiger partial charge in [-0.3, -0.25) is 4.79 Å². The van der Waals surface area contributed by atoms with E-state index in [2.05, 4.69) is 32.7 Å². The molecule has 8 heteroatoms. The Kier molecular flexibility index (Phi) is 5.27. The van der Waals surface area contributed by atoms with Gasteiger partial charge in [0, 0.05) is 49.0 Å². The van der Waals surface area contributed by atoms with E-state index in [0.29, 0.717) is 10.6 Å². The number of piperazine rings is 1. The molecule has 5 rings (SSSR count). The zero-order chi connectivity index (χ0) is 21.5. The molecule has 1 atom stereocenters. The number of pyridine rings is 2. The molecule has 0 spiro atoms. The molecule has 1 saturated heterocycles. The van der Waals surface area contributed by atoms with Crippen molar-refractivity contribution >= 4 is 39.0 Å². The summed E-state index contributed by atoms with van der Waals surface area (Å²) in [6.45, 7) is 7.97. The molecule has 1 fully saturated rings. The van der Waals surface area contributed by atoms with E-state index in [1.54, 1.807) is 0 Å². The quantitative estimate of drug-likeness (QED) is 0.584. The summed E-state index contributed by atoms with van der Waals surface area (Å²) >= 11 is 1.38. The average Bonchev–Trinajstić information content (AvgIpc) is 3.10. The number of aryl methyl sites for hydroxylation is 3.